The minimum Gasteiger partial charge on any atom is -0.301 e. The van der Waals surface area contributed by atoms with Gasteiger partial charge in [0.2, 0.25) is 0 Å². The monoisotopic (exact) mass is 537 g/mol. The van der Waals surface area contributed by atoms with Crippen molar-refractivity contribution in [1.29, 1.82) is 5.26 Å². The molecule has 5 nitrogen and oxygen atoms in total. The normalized spacial score (nSPS) is 14.6. The zero-order valence-electron chi connectivity index (χ0n) is 21.6. The van der Waals surface area contributed by atoms with Crippen LogP contribution >= 0.6 is 11.3 Å². The summed E-state index contributed by atoms with van der Waals surface area (Å²) in [6, 6.07) is 39.4. The largest absolute Gasteiger partial charge is 0.301 e. The van der Waals surface area contributed by atoms with Gasteiger partial charge >= 0.3 is 0 Å². The number of nitrogens with zero attached hydrogens (tertiary/aromatic N) is 3. The molecule has 0 fully saturated rings. The van der Waals surface area contributed by atoms with Crippen LogP contribution < -0.4 is 9.80 Å². The van der Waals surface area contributed by atoms with Crippen LogP contribution in [-0.4, -0.2) is 11.8 Å². The zero-order valence-corrected chi connectivity index (χ0v) is 22.4. The summed E-state index contributed by atoms with van der Waals surface area (Å²) >= 11 is 1.53. The van der Waals surface area contributed by atoms with Gasteiger partial charge in [0.15, 0.2) is 0 Å². The van der Waals surface area contributed by atoms with Crippen molar-refractivity contribution in [2.45, 2.75) is 6.92 Å². The van der Waals surface area contributed by atoms with Gasteiger partial charge in [-0.15, -0.1) is 11.3 Å². The predicted molar refractivity (Wildman–Crippen MR) is 162 cm³/mol. The van der Waals surface area contributed by atoms with Gasteiger partial charge in [0.05, 0.1) is 11.4 Å². The Hall–Kier alpha value is -5.25. The number of hydrogen-bond donors (Lipinski definition) is 0. The van der Waals surface area contributed by atoms with E-state index in [1.807, 2.05) is 54.6 Å². The van der Waals surface area contributed by atoms with Gasteiger partial charge in [0, 0.05) is 21.5 Å². The molecule has 0 radical (unpaired) electrons. The maximum Gasteiger partial charge on any atom is 0.276 e. The topological polar surface area (TPSA) is 64.4 Å². The lowest BCUT2D eigenvalue weighted by molar-refractivity contribution is -0.122. The summed E-state index contributed by atoms with van der Waals surface area (Å²) < 4.78 is 0. The van der Waals surface area contributed by atoms with Crippen LogP contribution in [0.1, 0.15) is 11.8 Å². The van der Waals surface area contributed by atoms with Gasteiger partial charge in [-0.3, -0.25) is 9.59 Å². The summed E-state index contributed by atoms with van der Waals surface area (Å²) in [7, 11) is 0. The Balaban J connectivity index is 1.46. The first-order valence-corrected chi connectivity index (χ1v) is 13.6. The average molecular weight is 538 g/mol. The van der Waals surface area contributed by atoms with E-state index in [-0.39, 0.29) is 5.57 Å². The molecule has 6 rings (SSSR count). The number of fused-ring (bicyclic) bond motifs is 1. The van der Waals surface area contributed by atoms with E-state index in [0.29, 0.717) is 16.8 Å². The second-order valence-corrected chi connectivity index (χ2v) is 10.4. The molecule has 0 N–H and O–H groups in total. The lowest BCUT2D eigenvalue weighted by atomic mass is 9.94. The van der Waals surface area contributed by atoms with Gasteiger partial charge in [-0.25, -0.2) is 4.90 Å². The minimum atomic E-state index is -0.605. The number of nitriles is 1. The van der Waals surface area contributed by atoms with Gasteiger partial charge in [-0.2, -0.15) is 5.26 Å². The first-order valence-electron chi connectivity index (χ1n) is 12.8. The van der Waals surface area contributed by atoms with E-state index < -0.39 is 11.8 Å². The molecule has 0 aliphatic carbocycles. The molecule has 2 amide bonds. The molecular weight excluding hydrogens is 514 g/mol. The van der Waals surface area contributed by atoms with E-state index in [4.69, 9.17) is 0 Å². The van der Waals surface area contributed by atoms with E-state index in [1.54, 1.807) is 37.3 Å². The van der Waals surface area contributed by atoms with Crippen molar-refractivity contribution in [3.05, 3.63) is 137 Å². The molecule has 5 aromatic rings. The van der Waals surface area contributed by atoms with Gasteiger partial charge in [-0.05, 0) is 66.4 Å². The van der Waals surface area contributed by atoms with Crippen molar-refractivity contribution >= 4 is 62.1 Å². The van der Waals surface area contributed by atoms with Crippen LogP contribution in [0.15, 0.2) is 132 Å². The fourth-order valence-corrected chi connectivity index (χ4v) is 5.93. The number of imide groups is 1. The van der Waals surface area contributed by atoms with Crippen molar-refractivity contribution in [3.63, 3.8) is 0 Å². The molecule has 6 heteroatoms. The van der Waals surface area contributed by atoms with Crippen molar-refractivity contribution in [1.82, 2.24) is 0 Å². The number of rotatable bonds is 5. The summed E-state index contributed by atoms with van der Waals surface area (Å²) in [5.41, 5.74) is 3.16. The third-order valence-electron chi connectivity index (χ3n) is 6.90. The summed E-state index contributed by atoms with van der Waals surface area (Å²) in [5.74, 6) is -1.05. The molecule has 1 aliphatic heterocycles. The smallest absolute Gasteiger partial charge is 0.276 e. The van der Waals surface area contributed by atoms with Crippen molar-refractivity contribution < 1.29 is 9.59 Å². The molecule has 1 aliphatic rings. The fourth-order valence-electron chi connectivity index (χ4n) is 4.94. The zero-order chi connectivity index (χ0) is 27.6. The Kier molecular flexibility index (Phi) is 6.57. The molecule has 40 heavy (non-hydrogen) atoms. The minimum absolute atomic E-state index is 0.0341. The third kappa shape index (κ3) is 4.39. The summed E-state index contributed by atoms with van der Waals surface area (Å²) in [4.78, 5) is 30.8. The molecule has 4 aromatic carbocycles. The number of benzene rings is 4. The Morgan fingerprint density at radius 1 is 0.775 bits per heavy atom. The maximum absolute atomic E-state index is 13.6. The number of carbonyl (C=O) groups is 2. The number of amides is 2. The lowest BCUT2D eigenvalue weighted by Crippen LogP contribution is -2.42. The molecule has 0 unspecified atom stereocenters. The van der Waals surface area contributed by atoms with Gasteiger partial charge in [0.1, 0.15) is 16.6 Å². The van der Waals surface area contributed by atoms with Crippen LogP contribution in [0.2, 0.25) is 0 Å². The number of thiophene rings is 1. The summed E-state index contributed by atoms with van der Waals surface area (Å²) in [5, 5.41) is 13.0. The van der Waals surface area contributed by atoms with Gasteiger partial charge in [-0.1, -0.05) is 72.8 Å². The predicted octanol–water partition coefficient (Wildman–Crippen LogP) is 8.17. The maximum atomic E-state index is 13.6. The molecule has 0 bridgehead atoms. The van der Waals surface area contributed by atoms with Crippen LogP contribution in [0.3, 0.4) is 0 Å². The second-order valence-electron chi connectivity index (χ2n) is 9.30. The number of anilines is 4. The van der Waals surface area contributed by atoms with Crippen LogP contribution in [0.25, 0.3) is 16.8 Å². The Morgan fingerprint density at radius 3 is 2.20 bits per heavy atom. The first-order chi connectivity index (χ1) is 19.6. The van der Waals surface area contributed by atoms with Crippen LogP contribution in [0, 0.1) is 11.3 Å². The summed E-state index contributed by atoms with van der Waals surface area (Å²) in [6.45, 7) is 1.66. The number of hydrogen-bond acceptors (Lipinski definition) is 5. The highest BCUT2D eigenvalue weighted by Crippen LogP contribution is 2.42. The Labute approximate surface area is 236 Å². The molecule has 2 heterocycles. The van der Waals surface area contributed by atoms with E-state index in [0.717, 1.165) is 36.9 Å². The van der Waals surface area contributed by atoms with E-state index in [1.165, 1.54) is 11.3 Å². The van der Waals surface area contributed by atoms with Crippen LogP contribution in [-0.2, 0) is 9.59 Å². The third-order valence-corrected chi connectivity index (χ3v) is 7.91. The van der Waals surface area contributed by atoms with E-state index >= 15 is 0 Å². The van der Waals surface area contributed by atoms with E-state index in [9.17, 15) is 14.9 Å². The average Bonchev–Trinajstić information content (AvgIpc) is 3.45. The molecular formula is C34H23N3O2S. The Morgan fingerprint density at radius 2 is 1.45 bits per heavy atom. The van der Waals surface area contributed by atoms with Crippen LogP contribution in [0.5, 0.6) is 0 Å². The van der Waals surface area contributed by atoms with E-state index in [2.05, 4.69) is 47.4 Å². The van der Waals surface area contributed by atoms with Crippen LogP contribution in [0.4, 0.5) is 22.1 Å². The van der Waals surface area contributed by atoms with Crippen molar-refractivity contribution in [3.8, 4) is 6.07 Å². The molecule has 0 saturated heterocycles. The Bertz CT molecular complexity index is 1860. The first kappa shape index (κ1) is 25.1. The lowest BCUT2D eigenvalue weighted by Gasteiger charge is -2.27. The van der Waals surface area contributed by atoms with Crippen molar-refractivity contribution in [2.24, 2.45) is 0 Å². The molecule has 192 valence electrons. The number of carbonyl (C=O) groups excluding carboxylic acids is 2. The summed E-state index contributed by atoms with van der Waals surface area (Å²) in [6.07, 6.45) is 1.78. The second kappa shape index (κ2) is 10.5. The molecule has 0 spiro atoms. The van der Waals surface area contributed by atoms with Gasteiger partial charge in [0.25, 0.3) is 11.8 Å². The number of para-hydroxylation sites is 2. The molecule has 0 atom stereocenters. The van der Waals surface area contributed by atoms with Gasteiger partial charge < -0.3 is 4.90 Å². The quantitative estimate of drug-likeness (QED) is 0.168. The highest BCUT2D eigenvalue weighted by Gasteiger charge is 2.36. The highest BCUT2D eigenvalue weighted by atomic mass is 32.1. The fraction of sp³-hybridized carbons (Fsp3) is 0.0294. The molecule has 1 aromatic heterocycles. The highest BCUT2D eigenvalue weighted by molar-refractivity contribution is 7.17. The standard InChI is InChI=1S/C34H23N3O2S/c1-23-29(33(38)37(34(39)30(23)22-35)26-15-6-3-7-16-26)21-27-19-20-32(40-27)36(25-13-4-2-5-14-25)31-18-10-12-24-11-8-9-17-28(24)31/h2-21H,1H3/b29-21+. The SMILES string of the molecule is CC1=C(C#N)C(=O)N(c2ccccc2)C(=O)/C1=C/c1ccc(N(c2ccccc2)c2cccc3ccccc23)s1. The molecule has 0 saturated carbocycles. The van der Waals surface area contributed by atoms with Crippen molar-refractivity contribution in [2.75, 3.05) is 9.80 Å².